The molecule has 0 atom stereocenters. The fourth-order valence-electron chi connectivity index (χ4n) is 2.96. The van der Waals surface area contributed by atoms with E-state index in [4.69, 9.17) is 0 Å². The van der Waals surface area contributed by atoms with Crippen molar-refractivity contribution in [3.8, 4) is 0 Å². The van der Waals surface area contributed by atoms with Crippen LogP contribution < -0.4 is 10.6 Å². The van der Waals surface area contributed by atoms with Crippen molar-refractivity contribution in [2.75, 3.05) is 30.3 Å². The maximum Gasteiger partial charge on any atom is 0.253 e. The first-order valence-corrected chi connectivity index (χ1v) is 8.80. The number of piperidine rings is 1. The number of carbonyl (C=O) groups is 2. The number of rotatable bonds is 5. The number of likely N-dealkylation sites (tertiary alicyclic amines) is 1. The minimum atomic E-state index is -0.324. The maximum atomic E-state index is 12.9. The standard InChI is InChI=1S/C20H22FN3O2/c21-16-7-9-17(10-8-16)22-14-19(25)23-18-6-4-5-15(13-18)20(26)24-11-2-1-3-12-24/h4-10,13,22H,1-3,11-12,14H2,(H,23,25). The minimum absolute atomic E-state index is 0.00485. The second kappa shape index (κ2) is 8.47. The zero-order chi connectivity index (χ0) is 18.4. The van der Waals surface area contributed by atoms with Crippen LogP contribution >= 0.6 is 0 Å². The van der Waals surface area contributed by atoms with Crippen molar-refractivity contribution in [1.82, 2.24) is 4.90 Å². The number of carbonyl (C=O) groups excluding carboxylic acids is 2. The fraction of sp³-hybridized carbons (Fsp3) is 0.300. The molecule has 26 heavy (non-hydrogen) atoms. The summed E-state index contributed by atoms with van der Waals surface area (Å²) < 4.78 is 12.9. The number of hydrogen-bond acceptors (Lipinski definition) is 3. The van der Waals surface area contributed by atoms with Crippen LogP contribution in [0, 0.1) is 5.82 Å². The normalized spacial score (nSPS) is 14.0. The van der Waals surface area contributed by atoms with E-state index in [9.17, 15) is 14.0 Å². The largest absolute Gasteiger partial charge is 0.376 e. The molecule has 1 fully saturated rings. The Morgan fingerprint density at radius 3 is 2.42 bits per heavy atom. The van der Waals surface area contributed by atoms with Crippen molar-refractivity contribution >= 4 is 23.2 Å². The van der Waals surface area contributed by atoms with Gasteiger partial charge in [-0.05, 0) is 61.7 Å². The first-order chi connectivity index (χ1) is 12.6. The summed E-state index contributed by atoms with van der Waals surface area (Å²) in [5.41, 5.74) is 1.82. The molecule has 2 N–H and O–H groups in total. The molecule has 2 aromatic rings. The lowest BCUT2D eigenvalue weighted by atomic mass is 10.1. The van der Waals surface area contributed by atoms with E-state index < -0.39 is 0 Å². The predicted octanol–water partition coefficient (Wildman–Crippen LogP) is 3.50. The third-order valence-corrected chi connectivity index (χ3v) is 4.33. The Bertz CT molecular complexity index is 771. The SMILES string of the molecule is O=C(CNc1ccc(F)cc1)Nc1cccc(C(=O)N2CCCCC2)c1. The van der Waals surface area contributed by atoms with E-state index in [0.29, 0.717) is 16.9 Å². The van der Waals surface area contributed by atoms with Gasteiger partial charge in [0.25, 0.3) is 5.91 Å². The fourth-order valence-corrected chi connectivity index (χ4v) is 2.96. The van der Waals surface area contributed by atoms with Gasteiger partial charge in [-0.3, -0.25) is 9.59 Å². The summed E-state index contributed by atoms with van der Waals surface area (Å²) in [7, 11) is 0. The molecule has 1 aliphatic rings. The molecule has 6 heteroatoms. The maximum absolute atomic E-state index is 12.9. The molecule has 3 rings (SSSR count). The molecule has 0 unspecified atom stereocenters. The molecule has 1 saturated heterocycles. The van der Waals surface area contributed by atoms with E-state index in [1.165, 1.54) is 18.6 Å². The average Bonchev–Trinajstić information content (AvgIpc) is 2.68. The molecule has 5 nitrogen and oxygen atoms in total. The van der Waals surface area contributed by atoms with Crippen molar-refractivity contribution in [1.29, 1.82) is 0 Å². The minimum Gasteiger partial charge on any atom is -0.376 e. The van der Waals surface area contributed by atoms with Crippen molar-refractivity contribution in [2.45, 2.75) is 19.3 Å². The van der Waals surface area contributed by atoms with E-state index in [1.54, 1.807) is 36.4 Å². The number of amides is 2. The number of nitrogens with one attached hydrogen (secondary N) is 2. The van der Waals surface area contributed by atoms with Gasteiger partial charge in [0.15, 0.2) is 0 Å². The van der Waals surface area contributed by atoms with Gasteiger partial charge in [-0.15, -0.1) is 0 Å². The van der Waals surface area contributed by atoms with Crippen molar-refractivity contribution in [3.63, 3.8) is 0 Å². The lowest BCUT2D eigenvalue weighted by Gasteiger charge is -2.26. The van der Waals surface area contributed by atoms with Gasteiger partial charge in [-0.25, -0.2) is 4.39 Å². The second-order valence-electron chi connectivity index (χ2n) is 6.34. The van der Waals surface area contributed by atoms with Gasteiger partial charge < -0.3 is 15.5 Å². The Morgan fingerprint density at radius 1 is 0.962 bits per heavy atom. The molecule has 2 aromatic carbocycles. The van der Waals surface area contributed by atoms with Crippen LogP contribution in [0.25, 0.3) is 0 Å². The van der Waals surface area contributed by atoms with Gasteiger partial charge in [0, 0.05) is 30.0 Å². The van der Waals surface area contributed by atoms with Crippen LogP contribution in [0.15, 0.2) is 48.5 Å². The molecule has 0 aliphatic carbocycles. The highest BCUT2D eigenvalue weighted by Crippen LogP contribution is 2.16. The van der Waals surface area contributed by atoms with E-state index in [2.05, 4.69) is 10.6 Å². The molecule has 0 aromatic heterocycles. The summed E-state index contributed by atoms with van der Waals surface area (Å²) in [6.07, 6.45) is 3.25. The number of halogens is 1. The Morgan fingerprint density at radius 2 is 1.69 bits per heavy atom. The predicted molar refractivity (Wildman–Crippen MR) is 99.7 cm³/mol. The topological polar surface area (TPSA) is 61.4 Å². The quantitative estimate of drug-likeness (QED) is 0.863. The molecule has 1 aliphatic heterocycles. The highest BCUT2D eigenvalue weighted by atomic mass is 19.1. The average molecular weight is 355 g/mol. The summed E-state index contributed by atoms with van der Waals surface area (Å²) in [6, 6.07) is 12.8. The summed E-state index contributed by atoms with van der Waals surface area (Å²) in [5, 5.41) is 5.70. The lowest BCUT2D eigenvalue weighted by molar-refractivity contribution is -0.114. The zero-order valence-electron chi connectivity index (χ0n) is 14.5. The van der Waals surface area contributed by atoms with Crippen LogP contribution in [-0.4, -0.2) is 36.3 Å². The summed E-state index contributed by atoms with van der Waals surface area (Å²) in [5.74, 6) is -0.558. The summed E-state index contributed by atoms with van der Waals surface area (Å²) in [6.45, 7) is 1.63. The van der Waals surface area contributed by atoms with Crippen LogP contribution in [0.3, 0.4) is 0 Å². The van der Waals surface area contributed by atoms with E-state index in [0.717, 1.165) is 25.9 Å². The Hall–Kier alpha value is -2.89. The monoisotopic (exact) mass is 355 g/mol. The third-order valence-electron chi connectivity index (χ3n) is 4.33. The van der Waals surface area contributed by atoms with Crippen LogP contribution in [0.5, 0.6) is 0 Å². The van der Waals surface area contributed by atoms with Gasteiger partial charge >= 0.3 is 0 Å². The molecule has 0 spiro atoms. The van der Waals surface area contributed by atoms with Crippen LogP contribution in [0.1, 0.15) is 29.6 Å². The van der Waals surface area contributed by atoms with Crippen molar-refractivity contribution in [2.24, 2.45) is 0 Å². The summed E-state index contributed by atoms with van der Waals surface area (Å²) in [4.78, 5) is 26.5. The molecule has 0 radical (unpaired) electrons. The molecule has 2 amide bonds. The van der Waals surface area contributed by atoms with Gasteiger partial charge in [-0.1, -0.05) is 6.07 Å². The van der Waals surface area contributed by atoms with Crippen molar-refractivity contribution < 1.29 is 14.0 Å². The molecule has 1 heterocycles. The van der Waals surface area contributed by atoms with Crippen LogP contribution in [0.2, 0.25) is 0 Å². The highest BCUT2D eigenvalue weighted by molar-refractivity contribution is 5.98. The first-order valence-electron chi connectivity index (χ1n) is 8.80. The van der Waals surface area contributed by atoms with Gasteiger partial charge in [0.2, 0.25) is 5.91 Å². The Balaban J connectivity index is 1.56. The molecule has 136 valence electrons. The van der Waals surface area contributed by atoms with E-state index >= 15 is 0 Å². The zero-order valence-corrected chi connectivity index (χ0v) is 14.5. The Kier molecular flexibility index (Phi) is 5.84. The lowest BCUT2D eigenvalue weighted by Crippen LogP contribution is -2.35. The van der Waals surface area contributed by atoms with E-state index in [-0.39, 0.29) is 24.2 Å². The second-order valence-corrected chi connectivity index (χ2v) is 6.34. The van der Waals surface area contributed by atoms with Crippen LogP contribution in [0.4, 0.5) is 15.8 Å². The van der Waals surface area contributed by atoms with Gasteiger partial charge in [0.05, 0.1) is 6.54 Å². The molecular weight excluding hydrogens is 333 g/mol. The molecule has 0 bridgehead atoms. The van der Waals surface area contributed by atoms with Gasteiger partial charge in [0.1, 0.15) is 5.82 Å². The van der Waals surface area contributed by atoms with Crippen molar-refractivity contribution in [3.05, 3.63) is 59.9 Å². The Labute approximate surface area is 152 Å². The number of anilines is 2. The smallest absolute Gasteiger partial charge is 0.253 e. The first kappa shape index (κ1) is 17.9. The number of nitrogens with zero attached hydrogens (tertiary/aromatic N) is 1. The summed E-state index contributed by atoms with van der Waals surface area (Å²) >= 11 is 0. The molecule has 0 saturated carbocycles. The molecular formula is C20H22FN3O2. The van der Waals surface area contributed by atoms with E-state index in [1.807, 2.05) is 4.90 Å². The highest BCUT2D eigenvalue weighted by Gasteiger charge is 2.18. The number of benzene rings is 2. The van der Waals surface area contributed by atoms with Crippen LogP contribution in [-0.2, 0) is 4.79 Å². The third kappa shape index (κ3) is 4.81. The van der Waals surface area contributed by atoms with Gasteiger partial charge in [-0.2, -0.15) is 0 Å². The number of hydrogen-bond donors (Lipinski definition) is 2.